The number of anilines is 1. The smallest absolute Gasteiger partial charge is 0.255 e. The van der Waals surface area contributed by atoms with Gasteiger partial charge in [0.15, 0.2) is 0 Å². The Morgan fingerprint density at radius 2 is 1.95 bits per heavy atom. The van der Waals surface area contributed by atoms with Crippen molar-refractivity contribution in [3.63, 3.8) is 0 Å². The van der Waals surface area contributed by atoms with E-state index >= 15 is 0 Å². The molecule has 0 radical (unpaired) electrons. The number of carbonyl (C=O) groups excluding carboxylic acids is 1. The molecule has 1 amide bonds. The van der Waals surface area contributed by atoms with Crippen molar-refractivity contribution in [3.8, 4) is 6.07 Å². The maximum Gasteiger partial charge on any atom is 0.255 e. The van der Waals surface area contributed by atoms with Gasteiger partial charge in [-0.2, -0.15) is 5.26 Å². The molecule has 2 aromatic rings. The van der Waals surface area contributed by atoms with Crippen LogP contribution in [-0.2, 0) is 6.42 Å². The van der Waals surface area contributed by atoms with Gasteiger partial charge < -0.3 is 11.1 Å². The summed E-state index contributed by atoms with van der Waals surface area (Å²) in [5.74, 6) is -0.195. The molecule has 0 heterocycles. The Hall–Kier alpha value is -2.16. The molecule has 0 saturated carbocycles. The third kappa shape index (κ3) is 3.91. The van der Waals surface area contributed by atoms with Crippen molar-refractivity contribution >= 4 is 27.5 Å². The highest BCUT2D eigenvalue weighted by atomic mass is 79.9. The van der Waals surface area contributed by atoms with Gasteiger partial charge in [0, 0.05) is 10.0 Å². The predicted molar refractivity (Wildman–Crippen MR) is 86.0 cm³/mol. The lowest BCUT2D eigenvalue weighted by Gasteiger charge is -2.08. The van der Waals surface area contributed by atoms with E-state index in [4.69, 9.17) is 11.0 Å². The van der Waals surface area contributed by atoms with E-state index in [-0.39, 0.29) is 5.91 Å². The van der Waals surface area contributed by atoms with Gasteiger partial charge in [-0.1, -0.05) is 12.1 Å². The fraction of sp³-hybridized carbons (Fsp3) is 0.125. The van der Waals surface area contributed by atoms with Crippen molar-refractivity contribution in [2.24, 2.45) is 5.73 Å². The maximum atomic E-state index is 12.2. The number of halogens is 1. The SMILES string of the molecule is N#Cc1ccc(NC(=O)c2ccc(CCN)cc2)c(Br)c1. The summed E-state index contributed by atoms with van der Waals surface area (Å²) in [6.07, 6.45) is 0.795. The molecule has 0 atom stereocenters. The number of rotatable bonds is 4. The second-order valence-electron chi connectivity index (χ2n) is 4.50. The van der Waals surface area contributed by atoms with Crippen LogP contribution in [0.1, 0.15) is 21.5 Å². The number of carbonyl (C=O) groups is 1. The summed E-state index contributed by atoms with van der Waals surface area (Å²) in [7, 11) is 0. The van der Waals surface area contributed by atoms with Crippen LogP contribution >= 0.6 is 15.9 Å². The third-order valence-electron chi connectivity index (χ3n) is 3.00. The van der Waals surface area contributed by atoms with Crippen molar-refractivity contribution < 1.29 is 4.79 Å². The van der Waals surface area contributed by atoms with Gasteiger partial charge in [0.05, 0.1) is 17.3 Å². The summed E-state index contributed by atoms with van der Waals surface area (Å²) >= 11 is 3.34. The average Bonchev–Trinajstić information content (AvgIpc) is 2.50. The molecule has 0 spiro atoms. The van der Waals surface area contributed by atoms with E-state index in [0.29, 0.717) is 27.8 Å². The lowest BCUT2D eigenvalue weighted by Crippen LogP contribution is -2.12. The first-order valence-electron chi connectivity index (χ1n) is 6.44. The van der Waals surface area contributed by atoms with E-state index in [1.807, 2.05) is 18.2 Å². The summed E-state index contributed by atoms with van der Waals surface area (Å²) in [4.78, 5) is 12.2. The molecule has 0 unspecified atom stereocenters. The van der Waals surface area contributed by atoms with Crippen LogP contribution < -0.4 is 11.1 Å². The van der Waals surface area contributed by atoms with Gasteiger partial charge in [0.25, 0.3) is 5.91 Å². The van der Waals surface area contributed by atoms with Crippen LogP contribution in [0.2, 0.25) is 0 Å². The fourth-order valence-corrected chi connectivity index (χ4v) is 2.35. The van der Waals surface area contributed by atoms with Crippen molar-refractivity contribution in [1.29, 1.82) is 5.26 Å². The molecule has 5 heteroatoms. The van der Waals surface area contributed by atoms with Crippen LogP contribution in [-0.4, -0.2) is 12.5 Å². The largest absolute Gasteiger partial charge is 0.330 e. The third-order valence-corrected chi connectivity index (χ3v) is 3.65. The van der Waals surface area contributed by atoms with E-state index in [1.165, 1.54) is 0 Å². The Balaban J connectivity index is 2.12. The van der Waals surface area contributed by atoms with Crippen molar-refractivity contribution in [2.75, 3.05) is 11.9 Å². The zero-order valence-electron chi connectivity index (χ0n) is 11.3. The highest BCUT2D eigenvalue weighted by Crippen LogP contribution is 2.24. The zero-order chi connectivity index (χ0) is 15.2. The lowest BCUT2D eigenvalue weighted by atomic mass is 10.1. The van der Waals surface area contributed by atoms with Gasteiger partial charge >= 0.3 is 0 Å². The fourth-order valence-electron chi connectivity index (χ4n) is 1.87. The maximum absolute atomic E-state index is 12.2. The van der Waals surface area contributed by atoms with E-state index in [2.05, 4.69) is 21.2 Å². The Kier molecular flexibility index (Phi) is 5.09. The highest BCUT2D eigenvalue weighted by molar-refractivity contribution is 9.10. The van der Waals surface area contributed by atoms with Gasteiger partial charge in [-0.25, -0.2) is 0 Å². The minimum atomic E-state index is -0.195. The van der Waals surface area contributed by atoms with Crippen LogP contribution in [0.3, 0.4) is 0 Å². The normalized spacial score (nSPS) is 9.95. The summed E-state index contributed by atoms with van der Waals surface area (Å²) in [5, 5.41) is 11.6. The number of benzene rings is 2. The quantitative estimate of drug-likeness (QED) is 0.895. The molecule has 0 saturated heterocycles. The topological polar surface area (TPSA) is 78.9 Å². The van der Waals surface area contributed by atoms with Crippen LogP contribution in [0.5, 0.6) is 0 Å². The summed E-state index contributed by atoms with van der Waals surface area (Å²) in [6, 6.07) is 14.4. The first kappa shape index (κ1) is 15.2. The van der Waals surface area contributed by atoms with Crippen molar-refractivity contribution in [3.05, 3.63) is 63.6 Å². The molecule has 106 valence electrons. The van der Waals surface area contributed by atoms with Crippen molar-refractivity contribution in [1.82, 2.24) is 0 Å². The molecule has 2 rings (SSSR count). The number of amides is 1. The average molecular weight is 344 g/mol. The first-order valence-corrected chi connectivity index (χ1v) is 7.23. The monoisotopic (exact) mass is 343 g/mol. The molecule has 0 aromatic heterocycles. The van der Waals surface area contributed by atoms with Gasteiger partial charge in [0.1, 0.15) is 0 Å². The molecule has 3 N–H and O–H groups in total. The van der Waals surface area contributed by atoms with E-state index in [1.54, 1.807) is 30.3 Å². The Labute approximate surface area is 131 Å². The van der Waals surface area contributed by atoms with E-state index in [9.17, 15) is 4.79 Å². The lowest BCUT2D eigenvalue weighted by molar-refractivity contribution is 0.102. The second-order valence-corrected chi connectivity index (χ2v) is 5.35. The number of nitriles is 1. The Bertz CT molecular complexity index is 690. The van der Waals surface area contributed by atoms with Gasteiger partial charge in [-0.3, -0.25) is 4.79 Å². The Morgan fingerprint density at radius 3 is 2.52 bits per heavy atom. The van der Waals surface area contributed by atoms with Gasteiger partial charge in [-0.15, -0.1) is 0 Å². The first-order chi connectivity index (χ1) is 10.1. The van der Waals surface area contributed by atoms with Gasteiger partial charge in [0.2, 0.25) is 0 Å². The summed E-state index contributed by atoms with van der Waals surface area (Å²) < 4.78 is 0.676. The summed E-state index contributed by atoms with van der Waals surface area (Å²) in [6.45, 7) is 0.587. The molecule has 0 fully saturated rings. The molecule has 21 heavy (non-hydrogen) atoms. The number of nitrogens with one attached hydrogen (secondary N) is 1. The number of nitrogens with two attached hydrogens (primary N) is 1. The van der Waals surface area contributed by atoms with Crippen molar-refractivity contribution in [2.45, 2.75) is 6.42 Å². The molecule has 0 aliphatic heterocycles. The number of hydrogen-bond acceptors (Lipinski definition) is 3. The van der Waals surface area contributed by atoms with Crippen LogP contribution in [0, 0.1) is 11.3 Å². The predicted octanol–water partition coefficient (Wildman–Crippen LogP) is 3.07. The molecule has 2 aromatic carbocycles. The molecular weight excluding hydrogens is 330 g/mol. The van der Waals surface area contributed by atoms with Gasteiger partial charge in [-0.05, 0) is 64.8 Å². The minimum Gasteiger partial charge on any atom is -0.330 e. The molecular formula is C16H14BrN3O. The van der Waals surface area contributed by atoms with Crippen LogP contribution in [0.4, 0.5) is 5.69 Å². The van der Waals surface area contributed by atoms with Crippen LogP contribution in [0.25, 0.3) is 0 Å². The number of hydrogen-bond donors (Lipinski definition) is 2. The number of nitrogens with zero attached hydrogens (tertiary/aromatic N) is 1. The minimum absolute atomic E-state index is 0.195. The Morgan fingerprint density at radius 1 is 1.24 bits per heavy atom. The van der Waals surface area contributed by atoms with E-state index < -0.39 is 0 Å². The second kappa shape index (κ2) is 7.02. The molecule has 0 bridgehead atoms. The molecule has 0 aliphatic carbocycles. The standard InChI is InChI=1S/C16H14BrN3O/c17-14-9-12(10-19)3-6-15(14)20-16(21)13-4-1-11(2-5-13)7-8-18/h1-6,9H,7-8,18H2,(H,20,21). The zero-order valence-corrected chi connectivity index (χ0v) is 12.9. The van der Waals surface area contributed by atoms with E-state index in [0.717, 1.165) is 12.0 Å². The molecule has 0 aliphatic rings. The summed E-state index contributed by atoms with van der Waals surface area (Å²) in [5.41, 5.74) is 8.34. The van der Waals surface area contributed by atoms with Crippen LogP contribution in [0.15, 0.2) is 46.9 Å². The highest BCUT2D eigenvalue weighted by Gasteiger charge is 2.08. The molecule has 4 nitrogen and oxygen atoms in total.